The number of hydrogen-bond acceptors (Lipinski definition) is 1. The molecule has 0 aliphatic carbocycles. The summed E-state index contributed by atoms with van der Waals surface area (Å²) < 4.78 is 0. The van der Waals surface area contributed by atoms with Crippen LogP contribution in [0.1, 0.15) is 20.8 Å². The third kappa shape index (κ3) is 1.47. The molecule has 2 heteroatoms. The van der Waals surface area contributed by atoms with E-state index in [4.69, 9.17) is 0 Å². The molecule has 0 atom stereocenters. The molecule has 0 spiro atoms. The highest BCUT2D eigenvalue weighted by Crippen LogP contribution is 2.12. The first-order valence-electron chi connectivity index (χ1n) is 4.26. The number of H-pyrrole nitrogens is 1. The molecule has 2 aromatic heterocycles. The molecule has 0 radical (unpaired) electrons. The number of aromatic amines is 1. The minimum Gasteiger partial charge on any atom is -0.346 e. The predicted molar refractivity (Wildman–Crippen MR) is 54.3 cm³/mol. The maximum absolute atomic E-state index is 4.15. The number of nitrogens with zero attached hydrogens (tertiary/aromatic N) is 1. The third-order valence-corrected chi connectivity index (χ3v) is 1.68. The smallest absolute Gasteiger partial charge is 0.137 e. The first kappa shape index (κ1) is 8.78. The summed E-state index contributed by atoms with van der Waals surface area (Å²) in [5.41, 5.74) is 2.24. The monoisotopic (exact) mass is 164 g/mol. The summed E-state index contributed by atoms with van der Waals surface area (Å²) in [6, 6.07) is 4.05. The van der Waals surface area contributed by atoms with Crippen molar-refractivity contribution in [3.8, 4) is 0 Å². The van der Waals surface area contributed by atoms with Crippen molar-refractivity contribution in [2.24, 2.45) is 0 Å². The van der Waals surface area contributed by atoms with Crippen LogP contribution in [0.5, 0.6) is 0 Å². The lowest BCUT2D eigenvalue weighted by atomic mass is 10.2. The van der Waals surface area contributed by atoms with Crippen LogP contribution in [0.25, 0.3) is 11.0 Å². The van der Waals surface area contributed by atoms with Gasteiger partial charge in [0.05, 0.1) is 0 Å². The van der Waals surface area contributed by atoms with Gasteiger partial charge in [-0.3, -0.25) is 0 Å². The van der Waals surface area contributed by atoms with E-state index in [2.05, 4.69) is 16.9 Å². The van der Waals surface area contributed by atoms with E-state index < -0.39 is 0 Å². The van der Waals surface area contributed by atoms with Gasteiger partial charge in [0.25, 0.3) is 0 Å². The maximum Gasteiger partial charge on any atom is 0.137 e. The van der Waals surface area contributed by atoms with Gasteiger partial charge < -0.3 is 4.98 Å². The van der Waals surface area contributed by atoms with Gasteiger partial charge in [-0.1, -0.05) is 13.8 Å². The summed E-state index contributed by atoms with van der Waals surface area (Å²) in [5, 5.41) is 1.21. The fraction of sp³-hybridized carbons (Fsp3) is 0.300. The van der Waals surface area contributed by atoms with Crippen LogP contribution in [0.4, 0.5) is 0 Å². The average Bonchev–Trinajstić information content (AvgIpc) is 2.57. The van der Waals surface area contributed by atoms with Gasteiger partial charge in [-0.15, -0.1) is 0 Å². The Morgan fingerprint density at radius 3 is 2.75 bits per heavy atom. The van der Waals surface area contributed by atoms with Crippen molar-refractivity contribution in [1.29, 1.82) is 0 Å². The van der Waals surface area contributed by atoms with Gasteiger partial charge in [0.1, 0.15) is 5.65 Å². The van der Waals surface area contributed by atoms with Gasteiger partial charge in [-0.25, -0.2) is 4.98 Å². The molecule has 0 saturated heterocycles. The lowest BCUT2D eigenvalue weighted by Crippen LogP contribution is -1.77. The van der Waals surface area contributed by atoms with Gasteiger partial charge >= 0.3 is 0 Å². The largest absolute Gasteiger partial charge is 0.346 e. The van der Waals surface area contributed by atoms with Crippen molar-refractivity contribution in [2.75, 3.05) is 0 Å². The van der Waals surface area contributed by atoms with Crippen molar-refractivity contribution in [3.63, 3.8) is 0 Å². The van der Waals surface area contributed by atoms with Gasteiger partial charge in [-0.05, 0) is 24.6 Å². The van der Waals surface area contributed by atoms with Crippen molar-refractivity contribution < 1.29 is 1.43 Å². The van der Waals surface area contributed by atoms with Crippen molar-refractivity contribution in [2.45, 2.75) is 20.8 Å². The van der Waals surface area contributed by atoms with Crippen LogP contribution in [0.15, 0.2) is 24.5 Å². The zero-order chi connectivity index (χ0) is 8.97. The summed E-state index contributed by atoms with van der Waals surface area (Å²) >= 11 is 0. The molecule has 2 rings (SSSR count). The van der Waals surface area contributed by atoms with Crippen LogP contribution in [-0.2, 0) is 0 Å². The number of hydrogen-bond donors (Lipinski definition) is 1. The first-order chi connectivity index (χ1) is 5.88. The molecule has 0 saturated carbocycles. The van der Waals surface area contributed by atoms with E-state index in [0.29, 0.717) is 0 Å². The second-order valence-electron chi connectivity index (χ2n) is 2.37. The molecule has 1 N–H and O–H groups in total. The van der Waals surface area contributed by atoms with E-state index in [-0.39, 0.29) is 1.43 Å². The Hall–Kier alpha value is -1.31. The molecule has 0 bridgehead atoms. The summed E-state index contributed by atoms with van der Waals surface area (Å²) in [6.07, 6.45) is 3.72. The normalized spacial score (nSPS) is 9.25. The molecule has 66 valence electrons. The molecular formula is C10H16N2. The summed E-state index contributed by atoms with van der Waals surface area (Å²) in [5.74, 6) is 0. The van der Waals surface area contributed by atoms with Crippen LogP contribution >= 0.6 is 0 Å². The summed E-state index contributed by atoms with van der Waals surface area (Å²) in [6.45, 7) is 6.08. The molecule has 0 unspecified atom stereocenters. The van der Waals surface area contributed by atoms with Crippen LogP contribution in [0.3, 0.4) is 0 Å². The summed E-state index contributed by atoms with van der Waals surface area (Å²) in [4.78, 5) is 7.20. The number of aromatic nitrogens is 2. The Kier molecular flexibility index (Phi) is 2.86. The van der Waals surface area contributed by atoms with Crippen LogP contribution in [-0.4, -0.2) is 9.97 Å². The molecule has 0 fully saturated rings. The molecule has 0 amide bonds. The van der Waals surface area contributed by atoms with Gasteiger partial charge in [0.2, 0.25) is 0 Å². The Morgan fingerprint density at radius 1 is 1.33 bits per heavy atom. The van der Waals surface area contributed by atoms with E-state index in [9.17, 15) is 0 Å². The van der Waals surface area contributed by atoms with Crippen molar-refractivity contribution >= 4 is 11.0 Å². The molecular weight excluding hydrogens is 148 g/mol. The molecule has 2 aromatic rings. The van der Waals surface area contributed by atoms with E-state index >= 15 is 0 Å². The topological polar surface area (TPSA) is 28.7 Å². The van der Waals surface area contributed by atoms with E-state index in [1.54, 1.807) is 0 Å². The lowest BCUT2D eigenvalue weighted by molar-refractivity contribution is 1.31. The lowest BCUT2D eigenvalue weighted by Gasteiger charge is -1.91. The fourth-order valence-electron chi connectivity index (χ4n) is 1.10. The SMILES string of the molecule is CC.Cc1ccnc2[nH]ccc12.[HH]. The van der Waals surface area contributed by atoms with E-state index in [1.165, 1.54) is 10.9 Å². The highest BCUT2D eigenvalue weighted by atomic mass is 14.8. The minimum atomic E-state index is 0. The first-order valence-corrected chi connectivity index (χ1v) is 4.26. The third-order valence-electron chi connectivity index (χ3n) is 1.68. The molecule has 0 aliphatic rings. The van der Waals surface area contributed by atoms with Crippen LogP contribution in [0, 0.1) is 6.92 Å². The Morgan fingerprint density at radius 2 is 2.08 bits per heavy atom. The predicted octanol–water partition coefficient (Wildman–Crippen LogP) is 3.14. The Balaban J connectivity index is 0.000000451. The zero-order valence-electron chi connectivity index (χ0n) is 7.76. The summed E-state index contributed by atoms with van der Waals surface area (Å²) in [7, 11) is 0. The molecule has 0 aromatic carbocycles. The Labute approximate surface area is 74.1 Å². The van der Waals surface area contributed by atoms with E-state index in [0.717, 1.165) is 5.65 Å². The van der Waals surface area contributed by atoms with Crippen molar-refractivity contribution in [3.05, 3.63) is 30.1 Å². The number of pyridine rings is 1. The number of aryl methyl sites for hydroxylation is 1. The highest BCUT2D eigenvalue weighted by molar-refractivity contribution is 5.78. The highest BCUT2D eigenvalue weighted by Gasteiger charge is 1.95. The molecule has 0 aliphatic heterocycles. The molecule has 12 heavy (non-hydrogen) atoms. The zero-order valence-corrected chi connectivity index (χ0v) is 7.76. The fourth-order valence-corrected chi connectivity index (χ4v) is 1.10. The average molecular weight is 164 g/mol. The van der Waals surface area contributed by atoms with Crippen molar-refractivity contribution in [1.82, 2.24) is 9.97 Å². The number of rotatable bonds is 0. The Bertz CT molecular complexity index is 354. The molecule has 2 nitrogen and oxygen atoms in total. The van der Waals surface area contributed by atoms with Crippen LogP contribution < -0.4 is 0 Å². The maximum atomic E-state index is 4.15. The number of nitrogens with one attached hydrogen (secondary N) is 1. The number of fused-ring (bicyclic) bond motifs is 1. The van der Waals surface area contributed by atoms with Gasteiger partial charge in [-0.2, -0.15) is 0 Å². The second-order valence-corrected chi connectivity index (χ2v) is 2.37. The molecule has 2 heterocycles. The standard InChI is InChI=1S/C8H8N2.C2H6.H2/c1-6-2-4-9-8-7(6)3-5-10-8;1-2;/h2-5H,1H3,(H,9,10);1-2H3;1H. The van der Waals surface area contributed by atoms with E-state index in [1.807, 2.05) is 38.4 Å². The van der Waals surface area contributed by atoms with Gasteiger partial charge in [0.15, 0.2) is 0 Å². The van der Waals surface area contributed by atoms with Crippen LogP contribution in [0.2, 0.25) is 0 Å². The second kappa shape index (κ2) is 3.90. The minimum absolute atomic E-state index is 0. The van der Waals surface area contributed by atoms with Gasteiger partial charge in [0, 0.05) is 19.2 Å². The quantitative estimate of drug-likeness (QED) is 0.636.